The van der Waals surface area contributed by atoms with Gasteiger partial charge in [-0.05, 0) is 0 Å². The molecule has 7 heteroatoms. The van der Waals surface area contributed by atoms with E-state index in [2.05, 4.69) is 5.10 Å². The van der Waals surface area contributed by atoms with Gasteiger partial charge >= 0.3 is 0 Å². The first-order chi connectivity index (χ1) is 7.13. The van der Waals surface area contributed by atoms with Gasteiger partial charge in [-0.2, -0.15) is 10.4 Å². The average Bonchev–Trinajstić information content (AvgIpc) is 2.63. The molecular weight excluding hydrogens is 220 g/mol. The van der Waals surface area contributed by atoms with Gasteiger partial charge in [0.15, 0.2) is 0 Å². The van der Waals surface area contributed by atoms with Gasteiger partial charge < -0.3 is 0 Å². The third kappa shape index (κ3) is 1.39. The summed E-state index contributed by atoms with van der Waals surface area (Å²) < 4.78 is 1.27. The Morgan fingerprint density at radius 1 is 1.67 bits per heavy atom. The number of nitriles is 1. The maximum absolute atomic E-state index is 10.5. The van der Waals surface area contributed by atoms with Crippen LogP contribution in [0, 0.1) is 21.4 Å². The van der Waals surface area contributed by atoms with E-state index in [1.807, 2.05) is 6.07 Å². The molecule has 74 valence electrons. The number of hydrogen-bond acceptors (Lipinski definition) is 4. The lowest BCUT2D eigenvalue weighted by molar-refractivity contribution is -0.384. The van der Waals surface area contributed by atoms with Crippen LogP contribution in [0.4, 0.5) is 5.69 Å². The second-order valence-corrected chi connectivity index (χ2v) is 3.15. The van der Waals surface area contributed by atoms with Crippen LogP contribution in [0.1, 0.15) is 5.56 Å². The zero-order valence-electron chi connectivity index (χ0n) is 7.22. The maximum atomic E-state index is 10.5. The highest BCUT2D eigenvalue weighted by Gasteiger charge is 2.14. The second-order valence-electron chi connectivity index (χ2n) is 2.77. The maximum Gasteiger partial charge on any atom is 0.289 e. The summed E-state index contributed by atoms with van der Waals surface area (Å²) in [7, 11) is 0. The molecule has 2 aromatic heterocycles. The molecule has 2 rings (SSSR count). The molecule has 0 unspecified atom stereocenters. The SMILES string of the molecule is N#Cc1cnn2cc([N+](=O)[O-])cc2c1Cl. The van der Waals surface area contributed by atoms with Gasteiger partial charge in [0, 0.05) is 6.07 Å². The van der Waals surface area contributed by atoms with E-state index in [1.54, 1.807) is 0 Å². The van der Waals surface area contributed by atoms with Crippen molar-refractivity contribution in [3.63, 3.8) is 0 Å². The Labute approximate surface area is 88.5 Å². The molecule has 0 fully saturated rings. The molecule has 0 bridgehead atoms. The first-order valence-electron chi connectivity index (χ1n) is 3.85. The number of nitro groups is 1. The molecule has 0 N–H and O–H groups in total. The third-order valence-electron chi connectivity index (χ3n) is 1.89. The standard InChI is InChI=1S/C8H3ClN4O2/c9-8-5(2-10)3-11-12-4-6(13(14)15)1-7(8)12/h1,3-4H. The lowest BCUT2D eigenvalue weighted by Crippen LogP contribution is -1.91. The largest absolute Gasteiger partial charge is 0.289 e. The Kier molecular flexibility index (Phi) is 2.02. The zero-order chi connectivity index (χ0) is 11.0. The number of hydrogen-bond donors (Lipinski definition) is 0. The number of rotatable bonds is 1. The van der Waals surface area contributed by atoms with E-state index in [4.69, 9.17) is 16.9 Å². The molecule has 0 aliphatic rings. The smallest absolute Gasteiger partial charge is 0.258 e. The molecule has 2 heterocycles. The van der Waals surface area contributed by atoms with Gasteiger partial charge in [0.05, 0.1) is 27.2 Å². The Balaban J connectivity index is 2.78. The summed E-state index contributed by atoms with van der Waals surface area (Å²) in [6.07, 6.45) is 2.50. The summed E-state index contributed by atoms with van der Waals surface area (Å²) in [5, 5.41) is 23.2. The summed E-state index contributed by atoms with van der Waals surface area (Å²) in [5.74, 6) is 0. The van der Waals surface area contributed by atoms with E-state index in [-0.39, 0.29) is 16.3 Å². The first-order valence-corrected chi connectivity index (χ1v) is 4.22. The van der Waals surface area contributed by atoms with E-state index < -0.39 is 4.92 Å². The van der Waals surface area contributed by atoms with Gasteiger partial charge in [-0.3, -0.25) is 10.1 Å². The van der Waals surface area contributed by atoms with Crippen LogP contribution in [0.15, 0.2) is 18.5 Å². The van der Waals surface area contributed by atoms with Crippen molar-refractivity contribution in [2.75, 3.05) is 0 Å². The summed E-state index contributed by atoms with van der Waals surface area (Å²) in [5.41, 5.74) is 0.430. The molecule has 0 aliphatic heterocycles. The van der Waals surface area contributed by atoms with Crippen LogP contribution in [0.5, 0.6) is 0 Å². The zero-order valence-corrected chi connectivity index (χ0v) is 7.97. The topological polar surface area (TPSA) is 84.2 Å². The van der Waals surface area contributed by atoms with Crippen molar-refractivity contribution < 1.29 is 4.92 Å². The summed E-state index contributed by atoms with van der Waals surface area (Å²) in [4.78, 5) is 9.95. The lowest BCUT2D eigenvalue weighted by atomic mass is 10.3. The van der Waals surface area contributed by atoms with Gasteiger partial charge in [0.1, 0.15) is 12.3 Å². The molecule has 0 radical (unpaired) electrons. The summed E-state index contributed by atoms with van der Waals surface area (Å²) >= 11 is 5.85. The van der Waals surface area contributed by atoms with Crippen molar-refractivity contribution in [1.29, 1.82) is 5.26 Å². The highest BCUT2D eigenvalue weighted by molar-refractivity contribution is 6.35. The fraction of sp³-hybridized carbons (Fsp3) is 0. The van der Waals surface area contributed by atoms with Crippen molar-refractivity contribution in [1.82, 2.24) is 9.61 Å². The summed E-state index contributed by atoms with van der Waals surface area (Å²) in [6.45, 7) is 0. The van der Waals surface area contributed by atoms with E-state index in [0.29, 0.717) is 5.52 Å². The highest BCUT2D eigenvalue weighted by Crippen LogP contribution is 2.25. The van der Waals surface area contributed by atoms with E-state index >= 15 is 0 Å². The fourth-order valence-electron chi connectivity index (χ4n) is 1.19. The molecule has 0 atom stereocenters. The minimum Gasteiger partial charge on any atom is -0.258 e. The van der Waals surface area contributed by atoms with Crippen molar-refractivity contribution in [2.24, 2.45) is 0 Å². The van der Waals surface area contributed by atoms with E-state index in [9.17, 15) is 10.1 Å². The Bertz CT molecular complexity index is 598. The highest BCUT2D eigenvalue weighted by atomic mass is 35.5. The fourth-order valence-corrected chi connectivity index (χ4v) is 1.42. The number of fused-ring (bicyclic) bond motifs is 1. The van der Waals surface area contributed by atoms with Gasteiger partial charge in [0.2, 0.25) is 0 Å². The molecule has 0 saturated carbocycles. The van der Waals surface area contributed by atoms with Gasteiger partial charge in [-0.25, -0.2) is 4.52 Å². The lowest BCUT2D eigenvalue weighted by Gasteiger charge is -1.96. The van der Waals surface area contributed by atoms with Gasteiger partial charge in [-0.15, -0.1) is 0 Å². The minimum atomic E-state index is -0.545. The molecule has 0 aromatic carbocycles. The van der Waals surface area contributed by atoms with Crippen molar-refractivity contribution in [3.8, 4) is 6.07 Å². The number of aromatic nitrogens is 2. The normalized spacial score (nSPS) is 10.1. The van der Waals surface area contributed by atoms with E-state index in [0.717, 1.165) is 0 Å². The number of halogens is 1. The van der Waals surface area contributed by atoms with E-state index in [1.165, 1.54) is 23.0 Å². The average molecular weight is 223 g/mol. The monoisotopic (exact) mass is 222 g/mol. The Morgan fingerprint density at radius 3 is 3.00 bits per heavy atom. The summed E-state index contributed by atoms with van der Waals surface area (Å²) in [6, 6.07) is 3.12. The number of nitrogens with zero attached hydrogens (tertiary/aromatic N) is 4. The Morgan fingerprint density at radius 2 is 2.40 bits per heavy atom. The third-order valence-corrected chi connectivity index (χ3v) is 2.29. The molecule has 0 spiro atoms. The van der Waals surface area contributed by atoms with Crippen molar-refractivity contribution >= 4 is 22.8 Å². The van der Waals surface area contributed by atoms with Crippen molar-refractivity contribution in [3.05, 3.63) is 39.2 Å². The minimum absolute atomic E-state index is 0.112. The molecule has 2 aromatic rings. The van der Waals surface area contributed by atoms with Crippen LogP contribution >= 0.6 is 11.6 Å². The van der Waals surface area contributed by atoms with Gasteiger partial charge in [0.25, 0.3) is 5.69 Å². The van der Waals surface area contributed by atoms with Crippen LogP contribution in [0.25, 0.3) is 5.52 Å². The van der Waals surface area contributed by atoms with Crippen LogP contribution in [-0.2, 0) is 0 Å². The Hall–Kier alpha value is -2.13. The predicted octanol–water partition coefficient (Wildman–Crippen LogP) is 1.77. The van der Waals surface area contributed by atoms with Crippen LogP contribution in [-0.4, -0.2) is 14.5 Å². The quantitative estimate of drug-likeness (QED) is 0.544. The molecule has 0 amide bonds. The molecule has 0 aliphatic carbocycles. The van der Waals surface area contributed by atoms with Crippen LogP contribution < -0.4 is 0 Å². The molecular formula is C8H3ClN4O2. The molecule has 6 nitrogen and oxygen atoms in total. The first kappa shape index (κ1) is 9.43. The molecule has 15 heavy (non-hydrogen) atoms. The van der Waals surface area contributed by atoms with Crippen LogP contribution in [0.2, 0.25) is 5.02 Å². The van der Waals surface area contributed by atoms with Crippen LogP contribution in [0.3, 0.4) is 0 Å². The second kappa shape index (κ2) is 3.22. The van der Waals surface area contributed by atoms with Gasteiger partial charge in [-0.1, -0.05) is 11.6 Å². The van der Waals surface area contributed by atoms with Crippen molar-refractivity contribution in [2.45, 2.75) is 0 Å². The molecule has 0 saturated heterocycles. The predicted molar refractivity (Wildman–Crippen MR) is 51.6 cm³/mol.